The molecule has 1 N–H and O–H groups in total. The first-order valence-corrected chi connectivity index (χ1v) is 6.55. The molecule has 2 heteroatoms. The molecule has 0 saturated heterocycles. The molecule has 1 aliphatic carbocycles. The normalized spacial score (nSPS) is 20.4. The Morgan fingerprint density at radius 3 is 2.67 bits per heavy atom. The van der Waals surface area contributed by atoms with Crippen LogP contribution in [-0.4, -0.2) is 26.3 Å². The maximum atomic E-state index is 5.09. The maximum Gasteiger partial charge on any atom is 0.0613 e. The first-order valence-electron chi connectivity index (χ1n) is 6.55. The van der Waals surface area contributed by atoms with Gasteiger partial charge in [-0.25, -0.2) is 0 Å². The lowest BCUT2D eigenvalue weighted by molar-refractivity contribution is 0.171. The predicted molar refractivity (Wildman–Crippen MR) is 65.1 cm³/mol. The predicted octanol–water partition coefficient (Wildman–Crippen LogP) is 2.97. The Balaban J connectivity index is 1.91. The van der Waals surface area contributed by atoms with E-state index in [0.29, 0.717) is 6.04 Å². The van der Waals surface area contributed by atoms with E-state index in [1.165, 1.54) is 44.9 Å². The van der Waals surface area contributed by atoms with E-state index in [1.807, 2.05) is 0 Å². The number of ether oxygens (including phenoxy) is 1. The smallest absolute Gasteiger partial charge is 0.0613 e. The van der Waals surface area contributed by atoms with Crippen molar-refractivity contribution in [1.29, 1.82) is 0 Å². The van der Waals surface area contributed by atoms with Gasteiger partial charge >= 0.3 is 0 Å². The molecule has 1 rings (SSSR count). The van der Waals surface area contributed by atoms with Crippen molar-refractivity contribution in [3.8, 4) is 0 Å². The highest BCUT2D eigenvalue weighted by Crippen LogP contribution is 2.26. The third kappa shape index (κ3) is 6.16. The highest BCUT2D eigenvalue weighted by atomic mass is 16.5. The van der Waals surface area contributed by atoms with Crippen LogP contribution in [0.1, 0.15) is 51.9 Å². The van der Waals surface area contributed by atoms with Crippen LogP contribution in [0.2, 0.25) is 0 Å². The van der Waals surface area contributed by atoms with Crippen molar-refractivity contribution in [3.05, 3.63) is 0 Å². The number of methoxy groups -OCH3 is 1. The van der Waals surface area contributed by atoms with Crippen molar-refractivity contribution < 1.29 is 4.74 Å². The standard InChI is InChI=1S/C13H27NO/c1-12(11-15-2)14-10-6-9-13-7-4-3-5-8-13/h12-14H,3-11H2,1-2H3. The summed E-state index contributed by atoms with van der Waals surface area (Å²) in [5, 5.41) is 3.50. The molecule has 15 heavy (non-hydrogen) atoms. The second-order valence-electron chi connectivity index (χ2n) is 4.96. The van der Waals surface area contributed by atoms with Gasteiger partial charge in [0.25, 0.3) is 0 Å². The SMILES string of the molecule is COCC(C)NCCCC1CCCCC1. The number of hydrogen-bond acceptors (Lipinski definition) is 2. The molecule has 1 fully saturated rings. The van der Waals surface area contributed by atoms with E-state index in [1.54, 1.807) is 7.11 Å². The first kappa shape index (κ1) is 13.0. The number of rotatable bonds is 7. The average Bonchev–Trinajstić information content (AvgIpc) is 2.26. The molecule has 0 aliphatic heterocycles. The number of hydrogen-bond donors (Lipinski definition) is 1. The van der Waals surface area contributed by atoms with Gasteiger partial charge in [-0.3, -0.25) is 0 Å². The zero-order valence-electron chi connectivity index (χ0n) is 10.4. The quantitative estimate of drug-likeness (QED) is 0.656. The second kappa shape index (κ2) is 8.12. The molecule has 0 radical (unpaired) electrons. The van der Waals surface area contributed by atoms with Gasteiger partial charge in [-0.15, -0.1) is 0 Å². The largest absolute Gasteiger partial charge is 0.383 e. The van der Waals surface area contributed by atoms with Gasteiger partial charge in [-0.2, -0.15) is 0 Å². The van der Waals surface area contributed by atoms with Crippen molar-refractivity contribution >= 4 is 0 Å². The summed E-state index contributed by atoms with van der Waals surface area (Å²) in [4.78, 5) is 0. The molecule has 0 heterocycles. The highest BCUT2D eigenvalue weighted by molar-refractivity contribution is 4.67. The summed E-state index contributed by atoms with van der Waals surface area (Å²) in [6.45, 7) is 4.16. The summed E-state index contributed by atoms with van der Waals surface area (Å²) in [5.41, 5.74) is 0. The zero-order chi connectivity index (χ0) is 10.9. The molecule has 0 aromatic carbocycles. The first-order chi connectivity index (χ1) is 7.33. The second-order valence-corrected chi connectivity index (χ2v) is 4.96. The van der Waals surface area contributed by atoms with Gasteiger partial charge in [0.15, 0.2) is 0 Å². The minimum Gasteiger partial charge on any atom is -0.383 e. The van der Waals surface area contributed by atoms with Crippen molar-refractivity contribution in [2.45, 2.75) is 57.9 Å². The van der Waals surface area contributed by atoms with E-state index >= 15 is 0 Å². The lowest BCUT2D eigenvalue weighted by Crippen LogP contribution is -2.31. The summed E-state index contributed by atoms with van der Waals surface area (Å²) < 4.78 is 5.09. The van der Waals surface area contributed by atoms with Crippen LogP contribution in [0.15, 0.2) is 0 Å². The fourth-order valence-electron chi connectivity index (χ4n) is 2.52. The molecule has 0 spiro atoms. The minimum atomic E-state index is 0.501. The summed E-state index contributed by atoms with van der Waals surface area (Å²) in [6, 6.07) is 0.501. The van der Waals surface area contributed by atoms with Crippen LogP contribution in [0.3, 0.4) is 0 Å². The Morgan fingerprint density at radius 1 is 1.27 bits per heavy atom. The van der Waals surface area contributed by atoms with Crippen LogP contribution >= 0.6 is 0 Å². The van der Waals surface area contributed by atoms with Crippen LogP contribution in [0, 0.1) is 5.92 Å². The number of nitrogens with one attached hydrogen (secondary N) is 1. The molecule has 1 aliphatic rings. The Bertz CT molecular complexity index is 143. The molecule has 0 aromatic rings. The van der Waals surface area contributed by atoms with Gasteiger partial charge in [0.05, 0.1) is 6.61 Å². The third-order valence-electron chi connectivity index (χ3n) is 3.42. The minimum absolute atomic E-state index is 0.501. The summed E-state index contributed by atoms with van der Waals surface area (Å²) >= 11 is 0. The van der Waals surface area contributed by atoms with Crippen molar-refractivity contribution in [2.24, 2.45) is 5.92 Å². The van der Waals surface area contributed by atoms with Crippen molar-refractivity contribution in [3.63, 3.8) is 0 Å². The zero-order valence-corrected chi connectivity index (χ0v) is 10.4. The summed E-state index contributed by atoms with van der Waals surface area (Å²) in [5.74, 6) is 1.03. The monoisotopic (exact) mass is 213 g/mol. The lowest BCUT2D eigenvalue weighted by atomic mass is 9.86. The molecule has 2 nitrogen and oxygen atoms in total. The van der Waals surface area contributed by atoms with Crippen LogP contribution in [0.5, 0.6) is 0 Å². The van der Waals surface area contributed by atoms with E-state index < -0.39 is 0 Å². The van der Waals surface area contributed by atoms with Gasteiger partial charge in [0.1, 0.15) is 0 Å². The van der Waals surface area contributed by atoms with Crippen molar-refractivity contribution in [2.75, 3.05) is 20.3 Å². The molecule has 0 aromatic heterocycles. The fourth-order valence-corrected chi connectivity index (χ4v) is 2.52. The van der Waals surface area contributed by atoms with Gasteiger partial charge in [0.2, 0.25) is 0 Å². The summed E-state index contributed by atoms with van der Waals surface area (Å²) in [7, 11) is 1.76. The maximum absolute atomic E-state index is 5.09. The molecular weight excluding hydrogens is 186 g/mol. The van der Waals surface area contributed by atoms with E-state index in [9.17, 15) is 0 Å². The Kier molecular flexibility index (Phi) is 7.03. The van der Waals surface area contributed by atoms with Crippen LogP contribution in [-0.2, 0) is 4.74 Å². The lowest BCUT2D eigenvalue weighted by Gasteiger charge is -2.21. The molecule has 0 bridgehead atoms. The molecule has 90 valence electrons. The topological polar surface area (TPSA) is 21.3 Å². The van der Waals surface area contributed by atoms with E-state index in [-0.39, 0.29) is 0 Å². The van der Waals surface area contributed by atoms with Crippen LogP contribution in [0.25, 0.3) is 0 Å². The molecule has 1 saturated carbocycles. The third-order valence-corrected chi connectivity index (χ3v) is 3.42. The molecular formula is C13H27NO. The Labute approximate surface area is 94.8 Å². The Hall–Kier alpha value is -0.0800. The fraction of sp³-hybridized carbons (Fsp3) is 1.00. The van der Waals surface area contributed by atoms with Crippen LogP contribution in [0.4, 0.5) is 0 Å². The summed E-state index contributed by atoms with van der Waals surface area (Å²) in [6.07, 6.45) is 10.1. The van der Waals surface area contributed by atoms with Gasteiger partial charge < -0.3 is 10.1 Å². The van der Waals surface area contributed by atoms with E-state index in [2.05, 4.69) is 12.2 Å². The van der Waals surface area contributed by atoms with E-state index in [4.69, 9.17) is 4.74 Å². The molecule has 1 atom stereocenters. The Morgan fingerprint density at radius 2 is 2.00 bits per heavy atom. The van der Waals surface area contributed by atoms with Crippen molar-refractivity contribution in [1.82, 2.24) is 5.32 Å². The average molecular weight is 213 g/mol. The van der Waals surface area contributed by atoms with E-state index in [0.717, 1.165) is 19.1 Å². The van der Waals surface area contributed by atoms with Gasteiger partial charge in [0, 0.05) is 13.2 Å². The molecule has 0 amide bonds. The van der Waals surface area contributed by atoms with Crippen LogP contribution < -0.4 is 5.32 Å². The van der Waals surface area contributed by atoms with Gasteiger partial charge in [-0.1, -0.05) is 32.1 Å². The van der Waals surface area contributed by atoms with Gasteiger partial charge in [-0.05, 0) is 32.2 Å². The molecule has 1 unspecified atom stereocenters. The highest BCUT2D eigenvalue weighted by Gasteiger charge is 2.12.